The summed E-state index contributed by atoms with van der Waals surface area (Å²) in [4.78, 5) is 10.4. The summed E-state index contributed by atoms with van der Waals surface area (Å²) in [6.45, 7) is 4.86. The van der Waals surface area contributed by atoms with Crippen molar-refractivity contribution in [3.8, 4) is 0 Å². The molecule has 4 heteroatoms. The Hall–Kier alpha value is -0.610. The van der Waals surface area contributed by atoms with Gasteiger partial charge in [0, 0.05) is 12.6 Å². The van der Waals surface area contributed by atoms with E-state index in [2.05, 4.69) is 19.2 Å². The highest BCUT2D eigenvalue weighted by molar-refractivity contribution is 5.67. The van der Waals surface area contributed by atoms with Crippen LogP contribution in [-0.4, -0.2) is 34.9 Å². The zero-order valence-corrected chi connectivity index (χ0v) is 10.9. The van der Waals surface area contributed by atoms with Gasteiger partial charge in [0.15, 0.2) is 0 Å². The number of aliphatic hydroxyl groups excluding tert-OH is 1. The Morgan fingerprint density at radius 3 is 2.59 bits per heavy atom. The van der Waals surface area contributed by atoms with Crippen LogP contribution in [0.2, 0.25) is 0 Å². The van der Waals surface area contributed by atoms with Crippen LogP contribution in [0.25, 0.3) is 0 Å². The van der Waals surface area contributed by atoms with Gasteiger partial charge >= 0.3 is 5.97 Å². The number of carboxylic acid groups (broad SMARTS) is 1. The van der Waals surface area contributed by atoms with E-state index < -0.39 is 12.1 Å². The molecule has 0 saturated heterocycles. The Morgan fingerprint density at radius 1 is 1.35 bits per heavy atom. The second-order valence-electron chi connectivity index (χ2n) is 5.46. The highest BCUT2D eigenvalue weighted by Gasteiger charge is 2.27. The SMILES string of the molecule is CC(C)C1CCCCC1NCC(O)CC(=O)O. The van der Waals surface area contributed by atoms with Gasteiger partial charge in [-0.1, -0.05) is 26.7 Å². The first kappa shape index (κ1) is 14.5. The molecule has 3 atom stereocenters. The van der Waals surface area contributed by atoms with Crippen LogP contribution >= 0.6 is 0 Å². The van der Waals surface area contributed by atoms with Crippen molar-refractivity contribution in [3.05, 3.63) is 0 Å². The lowest BCUT2D eigenvalue weighted by Gasteiger charge is -2.35. The molecule has 100 valence electrons. The second kappa shape index (κ2) is 6.97. The average Bonchev–Trinajstić information content (AvgIpc) is 2.25. The zero-order chi connectivity index (χ0) is 12.8. The van der Waals surface area contributed by atoms with Crippen molar-refractivity contribution in [2.75, 3.05) is 6.54 Å². The van der Waals surface area contributed by atoms with E-state index in [1.807, 2.05) is 0 Å². The predicted molar refractivity (Wildman–Crippen MR) is 66.8 cm³/mol. The van der Waals surface area contributed by atoms with Crippen LogP contribution in [0.15, 0.2) is 0 Å². The minimum atomic E-state index is -0.941. The predicted octanol–water partition coefficient (Wildman–Crippen LogP) is 1.63. The number of carboxylic acids is 1. The van der Waals surface area contributed by atoms with Crippen LogP contribution < -0.4 is 5.32 Å². The Kier molecular flexibility index (Phi) is 5.92. The number of aliphatic carboxylic acids is 1. The number of nitrogens with one attached hydrogen (secondary N) is 1. The first-order chi connectivity index (χ1) is 8.00. The van der Waals surface area contributed by atoms with Gasteiger partial charge in [-0.15, -0.1) is 0 Å². The molecule has 1 fully saturated rings. The summed E-state index contributed by atoms with van der Waals surface area (Å²) in [6, 6.07) is 0.437. The van der Waals surface area contributed by atoms with Crippen LogP contribution in [0, 0.1) is 11.8 Å². The van der Waals surface area contributed by atoms with E-state index in [0.717, 1.165) is 6.42 Å². The highest BCUT2D eigenvalue weighted by Crippen LogP contribution is 2.30. The molecule has 3 N–H and O–H groups in total. The van der Waals surface area contributed by atoms with E-state index in [1.54, 1.807) is 0 Å². The van der Waals surface area contributed by atoms with E-state index in [4.69, 9.17) is 5.11 Å². The summed E-state index contributed by atoms with van der Waals surface area (Å²) in [5.41, 5.74) is 0. The molecular formula is C13H25NO3. The van der Waals surface area contributed by atoms with E-state index >= 15 is 0 Å². The Bertz CT molecular complexity index is 243. The van der Waals surface area contributed by atoms with Crippen LogP contribution in [0.4, 0.5) is 0 Å². The number of hydrogen-bond donors (Lipinski definition) is 3. The topological polar surface area (TPSA) is 69.6 Å². The van der Waals surface area contributed by atoms with Crippen molar-refractivity contribution in [1.82, 2.24) is 5.32 Å². The number of aliphatic hydroxyl groups is 1. The van der Waals surface area contributed by atoms with Crippen LogP contribution in [0.1, 0.15) is 46.0 Å². The molecule has 0 bridgehead atoms. The minimum absolute atomic E-state index is 0.175. The molecule has 0 aromatic carbocycles. The molecule has 1 aliphatic rings. The van der Waals surface area contributed by atoms with E-state index in [1.165, 1.54) is 19.3 Å². The number of rotatable bonds is 6. The molecule has 1 rings (SSSR count). The van der Waals surface area contributed by atoms with Gasteiger partial charge < -0.3 is 15.5 Å². The first-order valence-electron chi connectivity index (χ1n) is 6.64. The van der Waals surface area contributed by atoms with Crippen LogP contribution in [-0.2, 0) is 4.79 Å². The number of carbonyl (C=O) groups is 1. The third kappa shape index (κ3) is 5.04. The summed E-state index contributed by atoms with van der Waals surface area (Å²) in [5.74, 6) is 0.355. The maximum atomic E-state index is 10.4. The molecule has 1 saturated carbocycles. The Balaban J connectivity index is 2.35. The van der Waals surface area contributed by atoms with Gasteiger partial charge in [-0.05, 0) is 24.7 Å². The fourth-order valence-corrected chi connectivity index (χ4v) is 2.77. The zero-order valence-electron chi connectivity index (χ0n) is 10.9. The summed E-state index contributed by atoms with van der Waals surface area (Å²) in [5, 5.41) is 21.4. The van der Waals surface area contributed by atoms with Crippen molar-refractivity contribution in [2.24, 2.45) is 11.8 Å². The molecule has 3 unspecified atom stereocenters. The van der Waals surface area contributed by atoms with Crippen molar-refractivity contribution in [2.45, 2.75) is 58.1 Å². The maximum absolute atomic E-state index is 10.4. The third-order valence-electron chi connectivity index (χ3n) is 3.70. The van der Waals surface area contributed by atoms with Crippen molar-refractivity contribution in [1.29, 1.82) is 0 Å². The first-order valence-corrected chi connectivity index (χ1v) is 6.64. The van der Waals surface area contributed by atoms with Crippen LogP contribution in [0.5, 0.6) is 0 Å². The standard InChI is InChI=1S/C13H25NO3/c1-9(2)11-5-3-4-6-12(11)14-8-10(15)7-13(16)17/h9-12,14-15H,3-8H2,1-2H3,(H,16,17). The highest BCUT2D eigenvalue weighted by atomic mass is 16.4. The summed E-state index contributed by atoms with van der Waals surface area (Å²) < 4.78 is 0. The van der Waals surface area contributed by atoms with Gasteiger partial charge in [-0.3, -0.25) is 4.79 Å². The molecule has 1 aliphatic carbocycles. The van der Waals surface area contributed by atoms with Gasteiger partial charge in [0.1, 0.15) is 0 Å². The molecule has 0 spiro atoms. The van der Waals surface area contributed by atoms with Crippen molar-refractivity contribution >= 4 is 5.97 Å². The van der Waals surface area contributed by atoms with Gasteiger partial charge in [0.05, 0.1) is 12.5 Å². The molecule has 0 amide bonds. The monoisotopic (exact) mass is 243 g/mol. The van der Waals surface area contributed by atoms with E-state index in [9.17, 15) is 9.90 Å². The quantitative estimate of drug-likeness (QED) is 0.663. The minimum Gasteiger partial charge on any atom is -0.481 e. The van der Waals surface area contributed by atoms with Crippen LogP contribution in [0.3, 0.4) is 0 Å². The van der Waals surface area contributed by atoms with Gasteiger partial charge in [-0.2, -0.15) is 0 Å². The van der Waals surface area contributed by atoms with Gasteiger partial charge in [0.25, 0.3) is 0 Å². The van der Waals surface area contributed by atoms with E-state index in [0.29, 0.717) is 24.4 Å². The Morgan fingerprint density at radius 2 is 2.00 bits per heavy atom. The second-order valence-corrected chi connectivity index (χ2v) is 5.46. The lowest BCUT2D eigenvalue weighted by Crippen LogP contribution is -2.44. The fraction of sp³-hybridized carbons (Fsp3) is 0.923. The van der Waals surface area contributed by atoms with Crippen molar-refractivity contribution in [3.63, 3.8) is 0 Å². The number of hydrogen-bond acceptors (Lipinski definition) is 3. The molecule has 0 heterocycles. The maximum Gasteiger partial charge on any atom is 0.306 e. The normalized spacial score (nSPS) is 27.1. The summed E-state index contributed by atoms with van der Waals surface area (Å²) in [7, 11) is 0. The van der Waals surface area contributed by atoms with Crippen molar-refractivity contribution < 1.29 is 15.0 Å². The summed E-state index contributed by atoms with van der Waals surface area (Å²) >= 11 is 0. The largest absolute Gasteiger partial charge is 0.481 e. The molecule has 0 radical (unpaired) electrons. The third-order valence-corrected chi connectivity index (χ3v) is 3.70. The molecule has 17 heavy (non-hydrogen) atoms. The molecule has 0 aliphatic heterocycles. The van der Waals surface area contributed by atoms with Gasteiger partial charge in [-0.25, -0.2) is 0 Å². The molecule has 4 nitrogen and oxygen atoms in total. The fourth-order valence-electron chi connectivity index (χ4n) is 2.77. The lowest BCUT2D eigenvalue weighted by molar-refractivity contribution is -0.139. The molecular weight excluding hydrogens is 218 g/mol. The lowest BCUT2D eigenvalue weighted by atomic mass is 9.78. The smallest absolute Gasteiger partial charge is 0.306 e. The molecule has 0 aromatic heterocycles. The summed E-state index contributed by atoms with van der Waals surface area (Å²) in [6.07, 6.45) is 3.95. The van der Waals surface area contributed by atoms with Gasteiger partial charge in [0.2, 0.25) is 0 Å². The molecule has 0 aromatic rings. The van der Waals surface area contributed by atoms with E-state index in [-0.39, 0.29) is 6.42 Å². The average molecular weight is 243 g/mol. The Labute approximate surface area is 103 Å².